The van der Waals surface area contributed by atoms with Crippen LogP contribution in [0.4, 0.5) is 0 Å². The van der Waals surface area contributed by atoms with E-state index in [1.54, 1.807) is 12.4 Å². The Morgan fingerprint density at radius 3 is 3.00 bits per heavy atom. The summed E-state index contributed by atoms with van der Waals surface area (Å²) in [4.78, 5) is 8.64. The third kappa shape index (κ3) is 1.85. The first-order valence-electron chi connectivity index (χ1n) is 6.82. The van der Waals surface area contributed by atoms with Gasteiger partial charge in [-0.15, -0.1) is 0 Å². The fourth-order valence-electron chi connectivity index (χ4n) is 3.16. The number of aromatic nitrogens is 3. The molecule has 3 heterocycles. The van der Waals surface area contributed by atoms with Gasteiger partial charge in [-0.2, -0.15) is 4.98 Å². The molecule has 5 nitrogen and oxygen atoms in total. The predicted octanol–water partition coefficient (Wildman–Crippen LogP) is 1.99. The largest absolute Gasteiger partial charge is 0.339 e. The van der Waals surface area contributed by atoms with Gasteiger partial charge < -0.3 is 9.84 Å². The molecule has 1 atom stereocenters. The van der Waals surface area contributed by atoms with Crippen molar-refractivity contribution in [3.05, 3.63) is 30.4 Å². The van der Waals surface area contributed by atoms with Crippen molar-refractivity contribution in [2.24, 2.45) is 5.41 Å². The van der Waals surface area contributed by atoms with E-state index in [0.29, 0.717) is 17.2 Å². The van der Waals surface area contributed by atoms with Crippen molar-refractivity contribution in [3.63, 3.8) is 0 Å². The minimum atomic E-state index is 0.435. The van der Waals surface area contributed by atoms with Crippen LogP contribution in [-0.2, 0) is 0 Å². The van der Waals surface area contributed by atoms with Crippen LogP contribution < -0.4 is 5.32 Å². The molecule has 1 aliphatic carbocycles. The highest BCUT2D eigenvalue weighted by Gasteiger charge is 2.57. The lowest BCUT2D eigenvalue weighted by atomic mass is 9.92. The van der Waals surface area contributed by atoms with Gasteiger partial charge in [0.25, 0.3) is 0 Å². The fourth-order valence-corrected chi connectivity index (χ4v) is 3.16. The summed E-state index contributed by atoms with van der Waals surface area (Å²) in [6.45, 7) is 2.22. The van der Waals surface area contributed by atoms with Crippen molar-refractivity contribution in [1.29, 1.82) is 0 Å². The normalized spacial score (nSPS) is 24.5. The predicted molar refractivity (Wildman–Crippen MR) is 69.4 cm³/mol. The molecule has 4 rings (SSSR count). The molecule has 1 N–H and O–H groups in total. The molecular formula is C14H16N4O. The van der Waals surface area contributed by atoms with E-state index in [-0.39, 0.29) is 0 Å². The molecule has 0 radical (unpaired) electrons. The van der Waals surface area contributed by atoms with Gasteiger partial charge in [-0.05, 0) is 49.9 Å². The van der Waals surface area contributed by atoms with Gasteiger partial charge in [0.15, 0.2) is 0 Å². The van der Waals surface area contributed by atoms with Crippen LogP contribution in [0, 0.1) is 5.41 Å². The van der Waals surface area contributed by atoms with Crippen LogP contribution in [0.1, 0.15) is 31.1 Å². The van der Waals surface area contributed by atoms with E-state index in [9.17, 15) is 0 Å². The maximum Gasteiger partial charge on any atom is 0.230 e. The highest BCUT2D eigenvalue weighted by molar-refractivity contribution is 5.52. The quantitative estimate of drug-likeness (QED) is 0.890. The summed E-state index contributed by atoms with van der Waals surface area (Å²) in [5, 5.41) is 7.49. The summed E-state index contributed by atoms with van der Waals surface area (Å²) in [6.07, 6.45) is 7.16. The molecule has 0 amide bonds. The van der Waals surface area contributed by atoms with Gasteiger partial charge in [0, 0.05) is 23.9 Å². The maximum atomic E-state index is 5.46. The topological polar surface area (TPSA) is 63.8 Å². The second-order valence-electron chi connectivity index (χ2n) is 5.57. The molecule has 1 spiro atoms. The maximum absolute atomic E-state index is 5.46. The van der Waals surface area contributed by atoms with Crippen LogP contribution in [0.3, 0.4) is 0 Å². The lowest BCUT2D eigenvalue weighted by molar-refractivity contribution is 0.311. The molecule has 19 heavy (non-hydrogen) atoms. The van der Waals surface area contributed by atoms with E-state index in [1.165, 1.54) is 19.3 Å². The molecule has 1 saturated carbocycles. The lowest BCUT2D eigenvalue weighted by Gasteiger charge is -2.22. The van der Waals surface area contributed by atoms with Crippen LogP contribution in [0.15, 0.2) is 29.0 Å². The summed E-state index contributed by atoms with van der Waals surface area (Å²) in [5.74, 6) is 1.92. The zero-order chi connectivity index (χ0) is 12.7. The van der Waals surface area contributed by atoms with Crippen molar-refractivity contribution in [2.45, 2.75) is 25.2 Å². The number of hydrogen-bond donors (Lipinski definition) is 1. The third-order valence-electron chi connectivity index (χ3n) is 4.45. The Morgan fingerprint density at radius 1 is 1.32 bits per heavy atom. The molecule has 98 valence electrons. The molecule has 0 unspecified atom stereocenters. The van der Waals surface area contributed by atoms with Gasteiger partial charge in [0.1, 0.15) is 0 Å². The first-order chi connectivity index (χ1) is 9.37. The monoisotopic (exact) mass is 256 g/mol. The van der Waals surface area contributed by atoms with E-state index >= 15 is 0 Å². The van der Waals surface area contributed by atoms with E-state index in [0.717, 1.165) is 24.5 Å². The Labute approximate surface area is 111 Å². The van der Waals surface area contributed by atoms with Crippen molar-refractivity contribution >= 4 is 0 Å². The molecule has 5 heteroatoms. The number of hydrogen-bond acceptors (Lipinski definition) is 5. The van der Waals surface area contributed by atoms with Crippen molar-refractivity contribution in [2.75, 3.05) is 13.1 Å². The van der Waals surface area contributed by atoms with Gasteiger partial charge in [-0.1, -0.05) is 5.16 Å². The van der Waals surface area contributed by atoms with Crippen LogP contribution >= 0.6 is 0 Å². The summed E-state index contributed by atoms with van der Waals surface area (Å²) in [5.41, 5.74) is 1.35. The molecule has 0 bridgehead atoms. The fraction of sp³-hybridized carbons (Fsp3) is 0.500. The Bertz CT molecular complexity index is 574. The van der Waals surface area contributed by atoms with Crippen LogP contribution in [0.25, 0.3) is 11.4 Å². The van der Waals surface area contributed by atoms with Crippen LogP contribution in [-0.4, -0.2) is 28.2 Å². The second kappa shape index (κ2) is 4.13. The molecule has 2 aliphatic rings. The van der Waals surface area contributed by atoms with Gasteiger partial charge in [0.2, 0.25) is 11.7 Å². The zero-order valence-electron chi connectivity index (χ0n) is 10.7. The minimum absolute atomic E-state index is 0.435. The van der Waals surface area contributed by atoms with Crippen molar-refractivity contribution < 1.29 is 4.52 Å². The minimum Gasteiger partial charge on any atom is -0.339 e. The number of nitrogens with zero attached hydrogens (tertiary/aromatic N) is 3. The van der Waals surface area contributed by atoms with Crippen molar-refractivity contribution in [1.82, 2.24) is 20.4 Å². The smallest absolute Gasteiger partial charge is 0.230 e. The SMILES string of the molecule is c1cncc(-c2noc([C@@H]3CC34CCNCC4)n2)c1. The van der Waals surface area contributed by atoms with Crippen molar-refractivity contribution in [3.8, 4) is 11.4 Å². The van der Waals surface area contributed by atoms with Crippen LogP contribution in [0.5, 0.6) is 0 Å². The zero-order valence-corrected chi connectivity index (χ0v) is 10.7. The second-order valence-corrected chi connectivity index (χ2v) is 5.57. The molecule has 2 fully saturated rings. The highest BCUT2D eigenvalue weighted by Crippen LogP contribution is 2.63. The van der Waals surface area contributed by atoms with Gasteiger partial charge in [0.05, 0.1) is 0 Å². The van der Waals surface area contributed by atoms with Gasteiger partial charge in [-0.3, -0.25) is 4.98 Å². The average molecular weight is 256 g/mol. The van der Waals surface area contributed by atoms with Gasteiger partial charge >= 0.3 is 0 Å². The number of nitrogens with one attached hydrogen (secondary N) is 1. The Morgan fingerprint density at radius 2 is 2.21 bits per heavy atom. The molecular weight excluding hydrogens is 240 g/mol. The number of rotatable bonds is 2. The molecule has 1 aliphatic heterocycles. The van der Waals surface area contributed by atoms with Gasteiger partial charge in [-0.25, -0.2) is 0 Å². The Balaban J connectivity index is 1.57. The number of piperidine rings is 1. The average Bonchev–Trinajstić information content (AvgIpc) is 2.96. The summed E-state index contributed by atoms with van der Waals surface area (Å²) in [7, 11) is 0. The summed E-state index contributed by atoms with van der Waals surface area (Å²) < 4.78 is 5.46. The summed E-state index contributed by atoms with van der Waals surface area (Å²) >= 11 is 0. The van der Waals surface area contributed by atoms with E-state index in [4.69, 9.17) is 4.52 Å². The standard InChI is InChI=1S/C14H16N4O/c1-2-10(9-16-5-1)12-17-13(19-18-12)11-8-14(11)3-6-15-7-4-14/h1-2,5,9,11,15H,3-4,6-8H2/t11-/m0/s1. The molecule has 0 aromatic carbocycles. The first kappa shape index (κ1) is 11.1. The van der Waals surface area contributed by atoms with E-state index in [2.05, 4.69) is 20.4 Å². The Kier molecular flexibility index (Phi) is 2.41. The first-order valence-corrected chi connectivity index (χ1v) is 6.82. The van der Waals surface area contributed by atoms with E-state index in [1.807, 2.05) is 12.1 Å². The van der Waals surface area contributed by atoms with E-state index < -0.39 is 0 Å². The lowest BCUT2D eigenvalue weighted by Crippen LogP contribution is -2.29. The number of pyridine rings is 1. The molecule has 1 saturated heterocycles. The summed E-state index contributed by atoms with van der Waals surface area (Å²) in [6, 6.07) is 3.84. The molecule has 2 aromatic rings. The van der Waals surface area contributed by atoms with Crippen LogP contribution in [0.2, 0.25) is 0 Å². The Hall–Kier alpha value is -1.75. The highest BCUT2D eigenvalue weighted by atomic mass is 16.5. The molecule has 2 aromatic heterocycles. The third-order valence-corrected chi connectivity index (χ3v) is 4.45.